The molecule has 0 radical (unpaired) electrons. The third-order valence-corrected chi connectivity index (χ3v) is 3.31. The van der Waals surface area contributed by atoms with Crippen molar-refractivity contribution in [2.75, 3.05) is 0 Å². The van der Waals surface area contributed by atoms with Crippen LogP contribution in [0.5, 0.6) is 0 Å². The molecule has 0 saturated carbocycles. The highest BCUT2D eigenvalue weighted by atomic mass is 16.5. The van der Waals surface area contributed by atoms with Gasteiger partial charge in [-0.1, -0.05) is 10.3 Å². The van der Waals surface area contributed by atoms with Crippen LogP contribution < -0.4 is 5.32 Å². The molecule has 0 aliphatic carbocycles. The number of carbonyl (C=O) groups is 1. The zero-order chi connectivity index (χ0) is 16.4. The van der Waals surface area contributed by atoms with Gasteiger partial charge < -0.3 is 14.4 Å². The number of amides is 1. The van der Waals surface area contributed by atoms with Gasteiger partial charge in [-0.3, -0.25) is 9.78 Å². The van der Waals surface area contributed by atoms with Gasteiger partial charge in [-0.25, -0.2) is 0 Å². The molecule has 0 unspecified atom stereocenters. The lowest BCUT2D eigenvalue weighted by Crippen LogP contribution is -2.27. The zero-order valence-corrected chi connectivity index (χ0v) is 12.9. The van der Waals surface area contributed by atoms with Crippen molar-refractivity contribution in [3.8, 4) is 11.4 Å². The smallest absolute Gasteiger partial charge is 0.257 e. The highest BCUT2D eigenvalue weighted by Gasteiger charge is 2.20. The second-order valence-electron chi connectivity index (χ2n) is 5.13. The van der Waals surface area contributed by atoms with Crippen molar-refractivity contribution < 1.29 is 13.8 Å². The molecule has 23 heavy (non-hydrogen) atoms. The summed E-state index contributed by atoms with van der Waals surface area (Å²) in [7, 11) is 0. The summed E-state index contributed by atoms with van der Waals surface area (Å²) < 4.78 is 10.1. The first-order chi connectivity index (χ1) is 11.0. The van der Waals surface area contributed by atoms with Crippen molar-refractivity contribution in [2.24, 2.45) is 0 Å². The molecule has 0 fully saturated rings. The molecule has 3 heterocycles. The molecule has 1 amide bonds. The van der Waals surface area contributed by atoms with Gasteiger partial charge in [0.25, 0.3) is 5.91 Å². The molecule has 0 aliphatic heterocycles. The average molecular weight is 313 g/mol. The van der Waals surface area contributed by atoms with E-state index < -0.39 is 6.04 Å². The summed E-state index contributed by atoms with van der Waals surface area (Å²) in [6.07, 6.45) is 3.05. The number of aryl methyl sites for hydroxylation is 2. The Balaban J connectivity index is 1.75. The first kappa shape index (κ1) is 14.9. The SMILES string of the molecule is Cc1cc(-c2noc([C@H](C)NC(=O)c3cnoc3C)n2)ccn1. The minimum absolute atomic E-state index is 0.309. The van der Waals surface area contributed by atoms with Crippen LogP contribution in [0.25, 0.3) is 11.4 Å². The van der Waals surface area contributed by atoms with Crippen LogP contribution in [0.15, 0.2) is 33.6 Å². The third-order valence-electron chi connectivity index (χ3n) is 3.31. The lowest BCUT2D eigenvalue weighted by Gasteiger charge is -2.08. The second-order valence-corrected chi connectivity index (χ2v) is 5.13. The zero-order valence-electron chi connectivity index (χ0n) is 12.9. The fraction of sp³-hybridized carbons (Fsp3) is 0.267. The van der Waals surface area contributed by atoms with Gasteiger partial charge in [-0.15, -0.1) is 0 Å². The van der Waals surface area contributed by atoms with Crippen molar-refractivity contribution in [3.63, 3.8) is 0 Å². The molecule has 0 spiro atoms. The normalized spacial score (nSPS) is 12.1. The predicted octanol–water partition coefficient (Wildman–Crippen LogP) is 2.23. The van der Waals surface area contributed by atoms with Crippen LogP contribution in [0.4, 0.5) is 0 Å². The number of rotatable bonds is 4. The molecular weight excluding hydrogens is 298 g/mol. The van der Waals surface area contributed by atoms with Gasteiger partial charge >= 0.3 is 0 Å². The topological polar surface area (TPSA) is 107 Å². The molecule has 0 bridgehead atoms. The Bertz CT molecular complexity index is 839. The Hall–Kier alpha value is -3.03. The van der Waals surface area contributed by atoms with E-state index in [0.717, 1.165) is 11.3 Å². The van der Waals surface area contributed by atoms with Crippen LogP contribution in [-0.4, -0.2) is 26.2 Å². The van der Waals surface area contributed by atoms with Crippen molar-refractivity contribution in [1.29, 1.82) is 0 Å². The van der Waals surface area contributed by atoms with Crippen molar-refractivity contribution in [1.82, 2.24) is 25.6 Å². The number of hydrogen-bond donors (Lipinski definition) is 1. The van der Waals surface area contributed by atoms with Gasteiger partial charge in [-0.2, -0.15) is 4.98 Å². The lowest BCUT2D eigenvalue weighted by molar-refractivity contribution is 0.0931. The average Bonchev–Trinajstić information content (AvgIpc) is 3.16. The quantitative estimate of drug-likeness (QED) is 0.787. The molecular formula is C15H15N5O3. The molecule has 118 valence electrons. The molecule has 0 aliphatic rings. The minimum atomic E-state index is -0.444. The summed E-state index contributed by atoms with van der Waals surface area (Å²) in [5, 5.41) is 10.3. The van der Waals surface area contributed by atoms with E-state index in [0.29, 0.717) is 23.0 Å². The maximum atomic E-state index is 12.1. The summed E-state index contributed by atoms with van der Waals surface area (Å²) in [6, 6.07) is 3.21. The van der Waals surface area contributed by atoms with Crippen molar-refractivity contribution in [3.05, 3.63) is 47.4 Å². The van der Waals surface area contributed by atoms with Crippen LogP contribution in [0.3, 0.4) is 0 Å². The highest BCUT2D eigenvalue weighted by molar-refractivity contribution is 5.94. The van der Waals surface area contributed by atoms with E-state index in [1.807, 2.05) is 13.0 Å². The van der Waals surface area contributed by atoms with Crippen LogP contribution in [0.2, 0.25) is 0 Å². The van der Waals surface area contributed by atoms with E-state index in [2.05, 4.69) is 25.6 Å². The summed E-state index contributed by atoms with van der Waals surface area (Å²) in [6.45, 7) is 5.31. The number of carbonyl (C=O) groups excluding carboxylic acids is 1. The minimum Gasteiger partial charge on any atom is -0.361 e. The van der Waals surface area contributed by atoms with Crippen LogP contribution in [-0.2, 0) is 0 Å². The van der Waals surface area contributed by atoms with Gasteiger partial charge in [0, 0.05) is 17.5 Å². The maximum absolute atomic E-state index is 12.1. The number of nitrogens with zero attached hydrogens (tertiary/aromatic N) is 4. The lowest BCUT2D eigenvalue weighted by atomic mass is 10.2. The second kappa shape index (κ2) is 5.99. The Labute approximate surface area is 131 Å². The Morgan fingerprint density at radius 2 is 2.13 bits per heavy atom. The number of aromatic nitrogens is 4. The van der Waals surface area contributed by atoms with Crippen molar-refractivity contribution in [2.45, 2.75) is 26.8 Å². The van der Waals surface area contributed by atoms with Crippen LogP contribution >= 0.6 is 0 Å². The molecule has 1 atom stereocenters. The van der Waals surface area contributed by atoms with Crippen LogP contribution in [0.1, 0.15) is 40.7 Å². The van der Waals surface area contributed by atoms with E-state index in [1.165, 1.54) is 6.20 Å². The third kappa shape index (κ3) is 3.10. The van der Waals surface area contributed by atoms with E-state index in [9.17, 15) is 4.79 Å². The summed E-state index contributed by atoms with van der Waals surface area (Å²) in [5.41, 5.74) is 2.04. The molecule has 0 saturated heterocycles. The molecule has 3 aromatic heterocycles. The first-order valence-electron chi connectivity index (χ1n) is 7.03. The monoisotopic (exact) mass is 313 g/mol. The number of nitrogens with one attached hydrogen (secondary N) is 1. The van der Waals surface area contributed by atoms with Gasteiger partial charge in [-0.05, 0) is 32.9 Å². The van der Waals surface area contributed by atoms with Crippen LogP contribution in [0, 0.1) is 13.8 Å². The van der Waals surface area contributed by atoms with Gasteiger partial charge in [0.05, 0.1) is 6.20 Å². The molecule has 8 heteroatoms. The predicted molar refractivity (Wildman–Crippen MR) is 79.4 cm³/mol. The number of hydrogen-bond acceptors (Lipinski definition) is 7. The van der Waals surface area contributed by atoms with Gasteiger partial charge in [0.15, 0.2) is 0 Å². The van der Waals surface area contributed by atoms with Crippen molar-refractivity contribution >= 4 is 5.91 Å². The molecule has 8 nitrogen and oxygen atoms in total. The summed E-state index contributed by atoms with van der Waals surface area (Å²) in [4.78, 5) is 20.6. The van der Waals surface area contributed by atoms with E-state index >= 15 is 0 Å². The molecule has 3 rings (SSSR count). The summed E-state index contributed by atoms with van der Waals surface area (Å²) >= 11 is 0. The Morgan fingerprint density at radius 1 is 1.30 bits per heavy atom. The summed E-state index contributed by atoms with van der Waals surface area (Å²) in [5.74, 6) is 0.911. The molecule has 3 aromatic rings. The number of pyridine rings is 1. The standard InChI is InChI=1S/C15H15N5O3/c1-8-6-11(4-5-16-8)13-19-15(23-20-13)9(2)18-14(21)12-7-17-22-10(12)3/h4-7,9H,1-3H3,(H,18,21)/t9-/m0/s1. The molecule has 0 aromatic carbocycles. The van der Waals surface area contributed by atoms with E-state index in [1.54, 1.807) is 26.1 Å². The maximum Gasteiger partial charge on any atom is 0.257 e. The van der Waals surface area contributed by atoms with Gasteiger partial charge in [0.1, 0.15) is 17.4 Å². The van der Waals surface area contributed by atoms with Gasteiger partial charge in [0.2, 0.25) is 11.7 Å². The Morgan fingerprint density at radius 3 is 2.83 bits per heavy atom. The van der Waals surface area contributed by atoms with E-state index in [-0.39, 0.29) is 5.91 Å². The fourth-order valence-corrected chi connectivity index (χ4v) is 2.07. The Kier molecular flexibility index (Phi) is 3.88. The molecule has 1 N–H and O–H groups in total. The van der Waals surface area contributed by atoms with E-state index in [4.69, 9.17) is 9.05 Å². The highest BCUT2D eigenvalue weighted by Crippen LogP contribution is 2.19. The fourth-order valence-electron chi connectivity index (χ4n) is 2.07. The first-order valence-corrected chi connectivity index (χ1v) is 7.03. The largest absolute Gasteiger partial charge is 0.361 e.